The Morgan fingerprint density at radius 2 is 1.97 bits per heavy atom. The van der Waals surface area contributed by atoms with Crippen molar-refractivity contribution >= 4 is 28.7 Å². The van der Waals surface area contributed by atoms with Crippen LogP contribution in [0.25, 0.3) is 0 Å². The van der Waals surface area contributed by atoms with Gasteiger partial charge in [0.25, 0.3) is 5.91 Å². The maximum Gasteiger partial charge on any atom is 0.294 e. The van der Waals surface area contributed by atoms with Crippen molar-refractivity contribution in [3.05, 3.63) is 69.3 Å². The minimum atomic E-state index is -0.931. The molecular weight excluding hydrogens is 420 g/mol. The number of aromatic nitrogens is 1. The molecule has 158 valence electrons. The Labute approximate surface area is 181 Å². The number of carbonyl (C=O) groups excluding carboxylic acids is 2. The second-order valence-electron chi connectivity index (χ2n) is 7.16. The second kappa shape index (κ2) is 7.28. The summed E-state index contributed by atoms with van der Waals surface area (Å²) in [6, 6.07) is 7.44. The van der Waals surface area contributed by atoms with E-state index in [9.17, 15) is 14.7 Å². The highest BCUT2D eigenvalue weighted by atomic mass is 32.1. The van der Waals surface area contributed by atoms with Gasteiger partial charge in [-0.3, -0.25) is 14.5 Å². The van der Waals surface area contributed by atoms with Crippen LogP contribution in [0.2, 0.25) is 0 Å². The topological polar surface area (TPSA) is 102 Å². The number of Topliss-reactive ketones (excluding diaryl/α,β-unsaturated/α-hetero) is 1. The van der Waals surface area contributed by atoms with E-state index in [1.54, 1.807) is 44.2 Å². The van der Waals surface area contributed by atoms with Crippen LogP contribution in [0.3, 0.4) is 0 Å². The van der Waals surface area contributed by atoms with Crippen molar-refractivity contribution < 1.29 is 28.6 Å². The molecule has 0 radical (unpaired) electrons. The molecule has 0 aliphatic carbocycles. The first-order valence-corrected chi connectivity index (χ1v) is 10.5. The highest BCUT2D eigenvalue weighted by Gasteiger charge is 2.47. The van der Waals surface area contributed by atoms with Crippen molar-refractivity contribution in [2.24, 2.45) is 0 Å². The van der Waals surface area contributed by atoms with Gasteiger partial charge in [0.05, 0.1) is 27.4 Å². The van der Waals surface area contributed by atoms with Crippen LogP contribution in [0.4, 0.5) is 5.69 Å². The Morgan fingerprint density at radius 3 is 2.65 bits per heavy atom. The van der Waals surface area contributed by atoms with Crippen molar-refractivity contribution in [1.29, 1.82) is 0 Å². The molecule has 2 aliphatic heterocycles. The van der Waals surface area contributed by atoms with Gasteiger partial charge in [-0.05, 0) is 38.1 Å². The molecule has 1 atom stereocenters. The van der Waals surface area contributed by atoms with E-state index in [-0.39, 0.29) is 5.57 Å². The van der Waals surface area contributed by atoms with Gasteiger partial charge >= 0.3 is 0 Å². The predicted molar refractivity (Wildman–Crippen MR) is 112 cm³/mol. The number of anilines is 1. The zero-order valence-electron chi connectivity index (χ0n) is 16.7. The molecule has 1 amide bonds. The van der Waals surface area contributed by atoms with E-state index in [1.165, 1.54) is 22.5 Å². The summed E-state index contributed by atoms with van der Waals surface area (Å²) in [5.74, 6) is -0.333. The lowest BCUT2D eigenvalue weighted by molar-refractivity contribution is -0.117. The van der Waals surface area contributed by atoms with Crippen molar-refractivity contribution in [3.8, 4) is 11.5 Å². The summed E-state index contributed by atoms with van der Waals surface area (Å²) in [5, 5.41) is 11.5. The van der Waals surface area contributed by atoms with Crippen LogP contribution in [0.1, 0.15) is 32.2 Å². The molecule has 1 N–H and O–H groups in total. The lowest BCUT2D eigenvalue weighted by Crippen LogP contribution is -2.31. The quantitative estimate of drug-likeness (QED) is 0.616. The predicted octanol–water partition coefficient (Wildman–Crippen LogP) is 3.91. The largest absolute Gasteiger partial charge is 0.503 e. The summed E-state index contributed by atoms with van der Waals surface area (Å²) in [4.78, 5) is 32.6. The van der Waals surface area contributed by atoms with Crippen LogP contribution < -0.4 is 14.4 Å². The zero-order chi connectivity index (χ0) is 21.7. The standard InChI is InChI=1S/C22H18N2O6S/c1-11-21(31-12(2)23-11)19(25)17-18(15-4-3-7-28-15)24(22(27)20(17)26)13-5-6-14-16(10-13)30-9-8-29-14/h3-7,10,18,26H,8-9H2,1-2H3. The summed E-state index contributed by atoms with van der Waals surface area (Å²) in [5.41, 5.74) is 0.958. The van der Waals surface area contributed by atoms with Gasteiger partial charge < -0.3 is 19.0 Å². The molecule has 9 heteroatoms. The van der Waals surface area contributed by atoms with E-state index in [2.05, 4.69) is 4.98 Å². The molecule has 1 aromatic carbocycles. The monoisotopic (exact) mass is 438 g/mol. The molecule has 0 saturated carbocycles. The molecule has 31 heavy (non-hydrogen) atoms. The average Bonchev–Trinajstić information content (AvgIpc) is 3.47. The molecule has 2 aromatic heterocycles. The lowest BCUT2D eigenvalue weighted by Gasteiger charge is -2.26. The summed E-state index contributed by atoms with van der Waals surface area (Å²) < 4.78 is 16.8. The Bertz CT molecular complexity index is 1230. The van der Waals surface area contributed by atoms with Gasteiger partial charge in [0, 0.05) is 11.8 Å². The number of hydrogen-bond donors (Lipinski definition) is 1. The fraction of sp³-hybridized carbons (Fsp3) is 0.227. The first-order chi connectivity index (χ1) is 15.0. The highest BCUT2D eigenvalue weighted by Crippen LogP contribution is 2.45. The number of rotatable bonds is 4. The Kier molecular flexibility index (Phi) is 4.55. The molecule has 2 aliphatic rings. The number of nitrogens with zero attached hydrogens (tertiary/aromatic N) is 2. The fourth-order valence-electron chi connectivity index (χ4n) is 3.87. The van der Waals surface area contributed by atoms with Crippen LogP contribution in [-0.2, 0) is 4.79 Å². The molecular formula is C22H18N2O6S. The molecule has 0 bridgehead atoms. The minimum Gasteiger partial charge on any atom is -0.503 e. The van der Waals surface area contributed by atoms with E-state index in [0.717, 1.165) is 5.01 Å². The molecule has 1 unspecified atom stereocenters. The van der Waals surface area contributed by atoms with E-state index in [0.29, 0.717) is 46.7 Å². The molecule has 0 spiro atoms. The normalized spacial score (nSPS) is 18.1. The second-order valence-corrected chi connectivity index (χ2v) is 8.36. The lowest BCUT2D eigenvalue weighted by atomic mass is 9.99. The number of ketones is 1. The number of fused-ring (bicyclic) bond motifs is 1. The summed E-state index contributed by atoms with van der Waals surface area (Å²) in [6.45, 7) is 4.36. The Balaban J connectivity index is 1.63. The van der Waals surface area contributed by atoms with Gasteiger partial charge in [-0.2, -0.15) is 0 Å². The first-order valence-electron chi connectivity index (χ1n) is 9.64. The summed E-state index contributed by atoms with van der Waals surface area (Å²) in [7, 11) is 0. The number of aliphatic hydroxyl groups is 1. The minimum absolute atomic E-state index is 0.0402. The van der Waals surface area contributed by atoms with Crippen LogP contribution in [0.15, 0.2) is 52.3 Å². The Morgan fingerprint density at radius 1 is 1.19 bits per heavy atom. The maximum atomic E-state index is 13.4. The van der Waals surface area contributed by atoms with Crippen molar-refractivity contribution in [1.82, 2.24) is 4.98 Å². The average molecular weight is 438 g/mol. The van der Waals surface area contributed by atoms with E-state index < -0.39 is 23.5 Å². The molecule has 0 saturated heterocycles. The van der Waals surface area contributed by atoms with Crippen molar-refractivity contribution in [2.45, 2.75) is 19.9 Å². The highest BCUT2D eigenvalue weighted by molar-refractivity contribution is 7.14. The third-order valence-corrected chi connectivity index (χ3v) is 6.25. The third-order valence-electron chi connectivity index (χ3n) is 5.18. The molecule has 4 heterocycles. The number of hydrogen-bond acceptors (Lipinski definition) is 8. The van der Waals surface area contributed by atoms with Crippen molar-refractivity contribution in [2.75, 3.05) is 18.1 Å². The van der Waals surface area contributed by atoms with Gasteiger partial charge in [0.15, 0.2) is 17.3 Å². The SMILES string of the molecule is Cc1nc(C)c(C(=O)C2=C(O)C(=O)N(c3ccc4c(c3)OCCO4)C2c2ccco2)s1. The Hall–Kier alpha value is -3.59. The third kappa shape index (κ3) is 3.09. The smallest absolute Gasteiger partial charge is 0.294 e. The van der Waals surface area contributed by atoms with E-state index in [4.69, 9.17) is 13.9 Å². The number of benzene rings is 1. The molecule has 3 aromatic rings. The van der Waals surface area contributed by atoms with Crippen molar-refractivity contribution in [3.63, 3.8) is 0 Å². The summed E-state index contributed by atoms with van der Waals surface area (Å²) >= 11 is 1.22. The van der Waals surface area contributed by atoms with E-state index >= 15 is 0 Å². The number of carbonyl (C=O) groups is 2. The number of aliphatic hydroxyl groups excluding tert-OH is 1. The van der Waals surface area contributed by atoms with Gasteiger partial charge in [0.1, 0.15) is 25.0 Å². The number of amides is 1. The molecule has 5 rings (SSSR count). The number of furan rings is 1. The van der Waals surface area contributed by atoms with Gasteiger partial charge in [-0.15, -0.1) is 11.3 Å². The number of aryl methyl sites for hydroxylation is 2. The maximum absolute atomic E-state index is 13.4. The molecule has 0 fully saturated rings. The van der Waals surface area contributed by atoms with Crippen LogP contribution in [0.5, 0.6) is 11.5 Å². The fourth-order valence-corrected chi connectivity index (χ4v) is 4.74. The summed E-state index contributed by atoms with van der Waals surface area (Å²) in [6.07, 6.45) is 1.46. The number of thiazole rings is 1. The zero-order valence-corrected chi connectivity index (χ0v) is 17.6. The van der Waals surface area contributed by atoms with Crippen LogP contribution in [-0.4, -0.2) is 35.0 Å². The van der Waals surface area contributed by atoms with Gasteiger partial charge in [0.2, 0.25) is 5.78 Å². The first kappa shape index (κ1) is 19.4. The van der Waals surface area contributed by atoms with Crippen LogP contribution in [0, 0.1) is 13.8 Å². The van der Waals surface area contributed by atoms with Gasteiger partial charge in [-0.25, -0.2) is 4.98 Å². The molecule has 8 nitrogen and oxygen atoms in total. The van der Waals surface area contributed by atoms with E-state index in [1.807, 2.05) is 0 Å². The number of ether oxygens (including phenoxy) is 2. The van der Waals surface area contributed by atoms with Gasteiger partial charge in [-0.1, -0.05) is 0 Å². The van der Waals surface area contributed by atoms with Crippen LogP contribution >= 0.6 is 11.3 Å².